The van der Waals surface area contributed by atoms with Crippen LogP contribution < -0.4 is 14.8 Å². The highest BCUT2D eigenvalue weighted by Gasteiger charge is 2.50. The maximum atomic E-state index is 10.5. The van der Waals surface area contributed by atoms with Crippen LogP contribution >= 0.6 is 0 Å². The Morgan fingerprint density at radius 2 is 1.86 bits per heavy atom. The van der Waals surface area contributed by atoms with E-state index in [1.807, 2.05) is 30.5 Å². The van der Waals surface area contributed by atoms with Crippen LogP contribution in [0.5, 0.6) is 11.5 Å². The van der Waals surface area contributed by atoms with Gasteiger partial charge in [0.2, 0.25) is 6.41 Å². The van der Waals surface area contributed by atoms with E-state index in [0.29, 0.717) is 17.9 Å². The van der Waals surface area contributed by atoms with E-state index in [1.54, 1.807) is 20.3 Å². The first-order valence-electron chi connectivity index (χ1n) is 9.67. The van der Waals surface area contributed by atoms with Gasteiger partial charge < -0.3 is 24.7 Å². The highest BCUT2D eigenvalue weighted by Crippen LogP contribution is 2.52. The molecule has 1 spiro atoms. The Morgan fingerprint density at radius 3 is 2.38 bits per heavy atom. The van der Waals surface area contributed by atoms with Crippen molar-refractivity contribution >= 4 is 23.3 Å². The van der Waals surface area contributed by atoms with Crippen molar-refractivity contribution in [3.05, 3.63) is 36.5 Å². The lowest BCUT2D eigenvalue weighted by Gasteiger charge is -2.36. The van der Waals surface area contributed by atoms with Gasteiger partial charge in [-0.15, -0.1) is 0 Å². The van der Waals surface area contributed by atoms with Crippen molar-refractivity contribution in [2.75, 3.05) is 39.7 Å². The number of amides is 1. The van der Waals surface area contributed by atoms with Crippen molar-refractivity contribution in [3.8, 4) is 22.6 Å². The first kappa shape index (κ1) is 19.3. The van der Waals surface area contributed by atoms with Gasteiger partial charge in [-0.2, -0.15) is 0 Å². The lowest BCUT2D eigenvalue weighted by Crippen LogP contribution is -2.45. The topological polar surface area (TPSA) is 79.5 Å². The fourth-order valence-electron chi connectivity index (χ4n) is 4.06. The molecule has 2 N–H and O–H groups in total. The minimum atomic E-state index is 0. The number of ether oxygens (including phenoxy) is 2. The quantitative estimate of drug-likeness (QED) is 0.635. The molecule has 3 aromatic rings. The zero-order valence-corrected chi connectivity index (χ0v) is 17.0. The average Bonchev–Trinajstić information content (AvgIpc) is 3.39. The highest BCUT2D eigenvalue weighted by atomic mass is 16.5. The fraction of sp³-hybridized carbons (Fsp3) is 0.364. The first-order chi connectivity index (χ1) is 14.1. The Morgan fingerprint density at radius 1 is 1.17 bits per heavy atom. The maximum absolute atomic E-state index is 10.5. The molecule has 0 unspecified atom stereocenters. The molecule has 2 fully saturated rings. The molecule has 1 aliphatic carbocycles. The number of nitrogens with one attached hydrogen (secondary N) is 2. The van der Waals surface area contributed by atoms with Gasteiger partial charge >= 0.3 is 0 Å². The van der Waals surface area contributed by atoms with Crippen LogP contribution in [0.15, 0.2) is 36.5 Å². The van der Waals surface area contributed by atoms with Gasteiger partial charge in [-0.05, 0) is 49.6 Å². The molecule has 2 aliphatic rings. The number of benzene rings is 1. The Hall–Kier alpha value is -3.06. The zero-order chi connectivity index (χ0) is 20.4. The van der Waals surface area contributed by atoms with Crippen molar-refractivity contribution in [1.29, 1.82) is 0 Å². The summed E-state index contributed by atoms with van der Waals surface area (Å²) in [5.41, 5.74) is 3.33. The van der Waals surface area contributed by atoms with Crippen LogP contribution in [-0.2, 0) is 4.79 Å². The van der Waals surface area contributed by atoms with Crippen molar-refractivity contribution in [2.24, 2.45) is 5.41 Å². The number of hydrogen-bond donors (Lipinski definition) is 2. The second-order valence-electron chi connectivity index (χ2n) is 7.77. The largest absolute Gasteiger partial charge is 0.496 e. The van der Waals surface area contributed by atoms with Gasteiger partial charge in [0, 0.05) is 33.1 Å². The van der Waals surface area contributed by atoms with E-state index in [1.165, 1.54) is 25.9 Å². The Kier molecular flexibility index (Phi) is 5.15. The number of carbonyl (C=O) groups is 1. The number of rotatable bonds is 5. The van der Waals surface area contributed by atoms with Crippen LogP contribution in [0.4, 0.5) is 5.82 Å². The predicted octanol–water partition coefficient (Wildman–Crippen LogP) is 4.02. The van der Waals surface area contributed by atoms with E-state index >= 15 is 0 Å². The molecule has 1 saturated carbocycles. The van der Waals surface area contributed by atoms with Crippen molar-refractivity contribution in [1.82, 2.24) is 14.9 Å². The molecule has 5 rings (SSSR count). The van der Waals surface area contributed by atoms with Crippen LogP contribution in [0.25, 0.3) is 22.2 Å². The van der Waals surface area contributed by atoms with E-state index in [-0.39, 0.29) is 2.85 Å². The molecule has 7 heteroatoms. The van der Waals surface area contributed by atoms with Crippen molar-refractivity contribution < 1.29 is 17.1 Å². The first-order valence-corrected chi connectivity index (χ1v) is 9.67. The molecule has 0 radical (unpaired) electrons. The van der Waals surface area contributed by atoms with E-state index < -0.39 is 0 Å². The predicted molar refractivity (Wildman–Crippen MR) is 118 cm³/mol. The normalized spacial score (nSPS) is 16.5. The minimum Gasteiger partial charge on any atom is -0.496 e. The molecule has 0 bridgehead atoms. The number of fused-ring (bicyclic) bond motifs is 1. The number of aromatic amines is 1. The Balaban J connectivity index is 0.000000320. The van der Waals surface area contributed by atoms with E-state index in [9.17, 15) is 4.79 Å². The number of nitrogens with zero attached hydrogens (tertiary/aromatic N) is 2. The number of hydrogen-bond acceptors (Lipinski definition) is 5. The number of aromatic nitrogens is 2. The smallest absolute Gasteiger partial charge is 0.212 e. The number of H-pyrrole nitrogens is 1. The summed E-state index contributed by atoms with van der Waals surface area (Å²) < 4.78 is 10.9. The minimum absolute atomic E-state index is 0. The van der Waals surface area contributed by atoms with Crippen molar-refractivity contribution in [2.45, 2.75) is 12.8 Å². The fourth-order valence-corrected chi connectivity index (χ4v) is 4.06. The molecule has 7 nitrogen and oxygen atoms in total. The summed E-state index contributed by atoms with van der Waals surface area (Å²) in [5, 5.41) is 3.45. The third-order valence-corrected chi connectivity index (χ3v) is 5.61. The summed E-state index contributed by atoms with van der Waals surface area (Å²) in [6.45, 7) is 2.76. The van der Waals surface area contributed by atoms with E-state index in [4.69, 9.17) is 9.47 Å². The van der Waals surface area contributed by atoms with Gasteiger partial charge in [0.05, 0.1) is 19.8 Å². The van der Waals surface area contributed by atoms with Crippen LogP contribution in [0.3, 0.4) is 0 Å². The summed E-state index contributed by atoms with van der Waals surface area (Å²) in [5.74, 6) is 1.92. The van der Waals surface area contributed by atoms with Crippen LogP contribution in [0.2, 0.25) is 0 Å². The van der Waals surface area contributed by atoms with Gasteiger partial charge in [-0.3, -0.25) is 4.79 Å². The molecule has 29 heavy (non-hydrogen) atoms. The van der Waals surface area contributed by atoms with Gasteiger partial charge in [0.1, 0.15) is 23.0 Å². The third-order valence-electron chi connectivity index (χ3n) is 5.61. The SMILES string of the molecule is CN1CC2(CC2)C1.COc1cccc(OC)c1-c1c[nH]c2nc(NC=O)ccc12.[HH].[HH]. The molecule has 0 atom stereocenters. The van der Waals surface area contributed by atoms with Crippen molar-refractivity contribution in [3.63, 3.8) is 0 Å². The molecule has 156 valence electrons. The third kappa shape index (κ3) is 3.78. The second-order valence-corrected chi connectivity index (χ2v) is 7.77. The summed E-state index contributed by atoms with van der Waals surface area (Å²) in [6, 6.07) is 9.28. The van der Waals surface area contributed by atoms with Gasteiger partial charge in [-0.1, -0.05) is 6.07 Å². The highest BCUT2D eigenvalue weighted by molar-refractivity contribution is 5.98. The molecule has 1 saturated heterocycles. The monoisotopic (exact) mass is 398 g/mol. The molecule has 1 amide bonds. The molecule has 1 aromatic carbocycles. The summed E-state index contributed by atoms with van der Waals surface area (Å²) in [4.78, 5) is 20.4. The summed E-state index contributed by atoms with van der Waals surface area (Å²) >= 11 is 0. The molecule has 2 aromatic heterocycles. The maximum Gasteiger partial charge on any atom is 0.212 e. The number of anilines is 1. The molecular formula is C22H30N4O3. The lowest BCUT2D eigenvalue weighted by molar-refractivity contribution is -0.105. The standard InChI is InChI=1S/C16H15N3O3.C6H11N.2H2/c1-21-12-4-3-5-13(22-2)15(12)11-8-17-16-10(11)6-7-14(19-16)18-9-20;1-7-4-6(5-7)2-3-6;;/h3-9H,1-2H3,(H2,17,18,19,20);2-5H2,1H3;2*1H. The lowest BCUT2D eigenvalue weighted by atomic mass is 9.98. The van der Waals surface area contributed by atoms with Gasteiger partial charge in [0.25, 0.3) is 0 Å². The number of pyridine rings is 1. The second kappa shape index (κ2) is 7.75. The van der Waals surface area contributed by atoms with Crippen LogP contribution in [-0.4, -0.2) is 55.6 Å². The van der Waals surface area contributed by atoms with E-state index in [2.05, 4.69) is 27.2 Å². The number of methoxy groups -OCH3 is 2. The number of likely N-dealkylation sites (tertiary alicyclic amines) is 1. The number of carbonyl (C=O) groups excluding carboxylic acids is 1. The van der Waals surface area contributed by atoms with Gasteiger partial charge in [-0.25, -0.2) is 4.98 Å². The summed E-state index contributed by atoms with van der Waals surface area (Å²) in [6.07, 6.45) is 5.47. The van der Waals surface area contributed by atoms with E-state index in [0.717, 1.165) is 33.4 Å². The zero-order valence-electron chi connectivity index (χ0n) is 17.0. The average molecular weight is 399 g/mol. The Bertz CT molecular complexity index is 1010. The summed E-state index contributed by atoms with van der Waals surface area (Å²) in [7, 11) is 5.44. The molecule has 3 heterocycles. The Labute approximate surface area is 173 Å². The van der Waals surface area contributed by atoms with Gasteiger partial charge in [0.15, 0.2) is 0 Å². The molecular weight excluding hydrogens is 368 g/mol. The van der Waals surface area contributed by atoms with Crippen LogP contribution in [0.1, 0.15) is 15.7 Å². The van der Waals surface area contributed by atoms with Crippen LogP contribution in [0, 0.1) is 5.41 Å². The molecule has 1 aliphatic heterocycles.